The average Bonchev–Trinajstić information content (AvgIpc) is 2.34. The van der Waals surface area contributed by atoms with Crippen molar-refractivity contribution < 1.29 is 27.5 Å². The van der Waals surface area contributed by atoms with E-state index < -0.39 is 23.3 Å². The molecule has 0 aliphatic carbocycles. The molecule has 0 bridgehead atoms. The molecule has 0 radical (unpaired) electrons. The zero-order valence-electron chi connectivity index (χ0n) is 12.8. The standard InChI is InChI=1S/C16H19F3O3/c1-15(2,3)22-14(21)7-5-11-4-6-12(8-9-20)13(10-11)16(17,18)19/h4,6,9-10H,5,7-8H2,1-3H3. The van der Waals surface area contributed by atoms with Crippen molar-refractivity contribution in [1.82, 2.24) is 0 Å². The van der Waals surface area contributed by atoms with Crippen molar-refractivity contribution in [3.8, 4) is 0 Å². The number of hydrogen-bond acceptors (Lipinski definition) is 3. The van der Waals surface area contributed by atoms with Gasteiger partial charge in [-0.1, -0.05) is 12.1 Å². The Labute approximate surface area is 127 Å². The Morgan fingerprint density at radius 3 is 2.36 bits per heavy atom. The summed E-state index contributed by atoms with van der Waals surface area (Å²) < 4.78 is 44.0. The molecule has 122 valence electrons. The molecule has 1 aromatic carbocycles. The third kappa shape index (κ3) is 5.87. The van der Waals surface area contributed by atoms with Gasteiger partial charge in [0.2, 0.25) is 0 Å². The first-order valence-electron chi connectivity index (χ1n) is 6.87. The van der Waals surface area contributed by atoms with Crippen LogP contribution in [0.5, 0.6) is 0 Å². The molecule has 0 spiro atoms. The fraction of sp³-hybridized carbons (Fsp3) is 0.500. The smallest absolute Gasteiger partial charge is 0.416 e. The van der Waals surface area contributed by atoms with Gasteiger partial charge in [0.05, 0.1) is 5.56 Å². The van der Waals surface area contributed by atoms with E-state index in [0.29, 0.717) is 11.8 Å². The molecule has 6 heteroatoms. The van der Waals surface area contributed by atoms with Crippen LogP contribution in [0, 0.1) is 0 Å². The third-order valence-electron chi connectivity index (χ3n) is 2.82. The minimum absolute atomic E-state index is 0.00158. The van der Waals surface area contributed by atoms with Crippen LogP contribution in [-0.2, 0) is 33.3 Å². The molecule has 3 nitrogen and oxygen atoms in total. The van der Waals surface area contributed by atoms with Gasteiger partial charge in [0, 0.05) is 12.8 Å². The van der Waals surface area contributed by atoms with E-state index in [0.717, 1.165) is 6.07 Å². The molecule has 0 N–H and O–H groups in total. The van der Waals surface area contributed by atoms with Gasteiger partial charge in [-0.05, 0) is 44.4 Å². The molecule has 22 heavy (non-hydrogen) atoms. The second-order valence-corrected chi connectivity index (χ2v) is 5.95. The molecule has 0 aliphatic rings. The fourth-order valence-electron chi connectivity index (χ4n) is 1.95. The summed E-state index contributed by atoms with van der Waals surface area (Å²) in [5, 5.41) is 0. The SMILES string of the molecule is CC(C)(C)OC(=O)CCc1ccc(CC=O)c(C(F)(F)F)c1. The van der Waals surface area contributed by atoms with Gasteiger partial charge >= 0.3 is 12.1 Å². The van der Waals surface area contributed by atoms with Crippen LogP contribution >= 0.6 is 0 Å². The molecule has 0 unspecified atom stereocenters. The zero-order chi connectivity index (χ0) is 17.0. The molecule has 0 saturated heterocycles. The van der Waals surface area contributed by atoms with E-state index >= 15 is 0 Å². The Hall–Kier alpha value is -1.85. The number of hydrogen-bond donors (Lipinski definition) is 0. The maximum absolute atomic E-state index is 13.0. The van der Waals surface area contributed by atoms with Crippen LogP contribution in [-0.4, -0.2) is 17.9 Å². The van der Waals surface area contributed by atoms with Crippen molar-refractivity contribution >= 4 is 12.3 Å². The molecule has 1 aromatic rings. The van der Waals surface area contributed by atoms with E-state index in [1.807, 2.05) is 0 Å². The predicted molar refractivity (Wildman–Crippen MR) is 75.4 cm³/mol. The summed E-state index contributed by atoms with van der Waals surface area (Å²) in [6.07, 6.45) is -4.23. The van der Waals surface area contributed by atoms with Crippen LogP contribution in [0.15, 0.2) is 18.2 Å². The van der Waals surface area contributed by atoms with Gasteiger partial charge in [-0.3, -0.25) is 4.79 Å². The minimum atomic E-state index is -4.53. The van der Waals surface area contributed by atoms with Gasteiger partial charge in [0.1, 0.15) is 11.9 Å². The summed E-state index contributed by atoms with van der Waals surface area (Å²) in [4.78, 5) is 22.1. The van der Waals surface area contributed by atoms with E-state index in [2.05, 4.69) is 0 Å². The first-order valence-corrected chi connectivity index (χ1v) is 6.87. The number of carbonyl (C=O) groups is 2. The van der Waals surface area contributed by atoms with E-state index in [4.69, 9.17) is 4.74 Å². The molecule has 0 heterocycles. The lowest BCUT2D eigenvalue weighted by atomic mass is 9.99. The number of alkyl halides is 3. The van der Waals surface area contributed by atoms with Crippen molar-refractivity contribution in [2.75, 3.05) is 0 Å². The lowest BCUT2D eigenvalue weighted by molar-refractivity contribution is -0.154. The Kier molecular flexibility index (Phi) is 5.74. The maximum atomic E-state index is 13.0. The third-order valence-corrected chi connectivity index (χ3v) is 2.82. The molecule has 1 rings (SSSR count). The molecular formula is C16H19F3O3. The highest BCUT2D eigenvalue weighted by Crippen LogP contribution is 2.33. The molecule has 0 aromatic heterocycles. The van der Waals surface area contributed by atoms with Crippen molar-refractivity contribution in [2.24, 2.45) is 0 Å². The highest BCUT2D eigenvalue weighted by molar-refractivity contribution is 5.70. The van der Waals surface area contributed by atoms with Crippen LogP contribution in [0.3, 0.4) is 0 Å². The van der Waals surface area contributed by atoms with Gasteiger partial charge < -0.3 is 9.53 Å². The summed E-state index contributed by atoms with van der Waals surface area (Å²) in [5.41, 5.74) is -1.14. The van der Waals surface area contributed by atoms with Crippen LogP contribution in [0.25, 0.3) is 0 Å². The first-order chi connectivity index (χ1) is 10.0. The largest absolute Gasteiger partial charge is 0.460 e. The normalized spacial score (nSPS) is 12.1. The van der Waals surface area contributed by atoms with Crippen LogP contribution in [0.2, 0.25) is 0 Å². The molecule has 0 saturated carbocycles. The fourth-order valence-corrected chi connectivity index (χ4v) is 1.95. The van der Waals surface area contributed by atoms with Crippen molar-refractivity contribution in [1.29, 1.82) is 0 Å². The van der Waals surface area contributed by atoms with Gasteiger partial charge in [0.15, 0.2) is 0 Å². The maximum Gasteiger partial charge on any atom is 0.416 e. The number of ether oxygens (including phenoxy) is 1. The number of benzene rings is 1. The average molecular weight is 316 g/mol. The number of aldehydes is 1. The first kappa shape index (κ1) is 18.2. The molecule has 0 fully saturated rings. The van der Waals surface area contributed by atoms with Crippen molar-refractivity contribution in [3.63, 3.8) is 0 Å². The Morgan fingerprint density at radius 2 is 1.86 bits per heavy atom. The van der Waals surface area contributed by atoms with Gasteiger partial charge in [-0.2, -0.15) is 13.2 Å². The molecule has 0 aliphatic heterocycles. The second-order valence-electron chi connectivity index (χ2n) is 5.95. The van der Waals surface area contributed by atoms with Gasteiger partial charge in [0.25, 0.3) is 0 Å². The monoisotopic (exact) mass is 316 g/mol. The lowest BCUT2D eigenvalue weighted by Crippen LogP contribution is -2.24. The van der Waals surface area contributed by atoms with E-state index in [-0.39, 0.29) is 24.8 Å². The van der Waals surface area contributed by atoms with Crippen LogP contribution in [0.1, 0.15) is 43.9 Å². The number of rotatable bonds is 5. The van der Waals surface area contributed by atoms with Crippen LogP contribution < -0.4 is 0 Å². The Balaban J connectivity index is 2.85. The number of aryl methyl sites for hydroxylation is 1. The predicted octanol–water partition coefficient (Wildman–Crippen LogP) is 3.72. The number of halogens is 3. The molecule has 0 amide bonds. The second kappa shape index (κ2) is 6.94. The zero-order valence-corrected chi connectivity index (χ0v) is 12.8. The van der Waals surface area contributed by atoms with E-state index in [1.54, 1.807) is 20.8 Å². The Bertz CT molecular complexity index is 543. The minimum Gasteiger partial charge on any atom is -0.460 e. The summed E-state index contributed by atoms with van der Waals surface area (Å²) in [6, 6.07) is 3.77. The summed E-state index contributed by atoms with van der Waals surface area (Å²) >= 11 is 0. The highest BCUT2D eigenvalue weighted by atomic mass is 19.4. The lowest BCUT2D eigenvalue weighted by Gasteiger charge is -2.19. The summed E-state index contributed by atoms with van der Waals surface area (Å²) in [6.45, 7) is 5.17. The quantitative estimate of drug-likeness (QED) is 0.614. The van der Waals surface area contributed by atoms with Crippen LogP contribution in [0.4, 0.5) is 13.2 Å². The topological polar surface area (TPSA) is 43.4 Å². The number of esters is 1. The van der Waals surface area contributed by atoms with E-state index in [9.17, 15) is 22.8 Å². The molecule has 0 atom stereocenters. The van der Waals surface area contributed by atoms with E-state index in [1.165, 1.54) is 12.1 Å². The van der Waals surface area contributed by atoms with Gasteiger partial charge in [-0.15, -0.1) is 0 Å². The Morgan fingerprint density at radius 1 is 1.23 bits per heavy atom. The summed E-state index contributed by atoms with van der Waals surface area (Å²) in [7, 11) is 0. The number of carbonyl (C=O) groups excluding carboxylic acids is 2. The summed E-state index contributed by atoms with van der Waals surface area (Å²) in [5.74, 6) is -0.460. The highest BCUT2D eigenvalue weighted by Gasteiger charge is 2.33. The van der Waals surface area contributed by atoms with Crippen molar-refractivity contribution in [3.05, 3.63) is 34.9 Å². The molecular weight excluding hydrogens is 297 g/mol. The van der Waals surface area contributed by atoms with Crippen molar-refractivity contribution in [2.45, 2.75) is 51.8 Å². The van der Waals surface area contributed by atoms with Gasteiger partial charge in [-0.25, -0.2) is 0 Å².